The summed E-state index contributed by atoms with van der Waals surface area (Å²) >= 11 is 3.69. The van der Waals surface area contributed by atoms with Crippen molar-refractivity contribution in [1.29, 1.82) is 0 Å². The molecule has 1 nitrogen and oxygen atoms in total. The molecule has 102 valence electrons. The van der Waals surface area contributed by atoms with E-state index in [1.165, 1.54) is 42.1 Å². The first-order valence-corrected chi connectivity index (χ1v) is 8.04. The Morgan fingerprint density at radius 1 is 1.11 bits per heavy atom. The molecule has 0 bridgehead atoms. The van der Waals surface area contributed by atoms with Crippen molar-refractivity contribution in [3.63, 3.8) is 0 Å². The summed E-state index contributed by atoms with van der Waals surface area (Å²) in [6.07, 6.45) is 6.46. The van der Waals surface area contributed by atoms with E-state index in [9.17, 15) is 0 Å². The average molecular weight is 312 g/mol. The van der Waals surface area contributed by atoms with Crippen LogP contribution in [-0.4, -0.2) is 13.1 Å². The van der Waals surface area contributed by atoms with Crippen molar-refractivity contribution < 1.29 is 0 Å². The minimum Gasteiger partial charge on any atom is -0.316 e. The first-order valence-electron chi connectivity index (χ1n) is 7.24. The quantitative estimate of drug-likeness (QED) is 0.625. The van der Waals surface area contributed by atoms with E-state index in [-0.39, 0.29) is 0 Å². The first-order chi connectivity index (χ1) is 8.79. The molecule has 1 atom stereocenters. The lowest BCUT2D eigenvalue weighted by Gasteiger charge is -2.19. The molecular weight excluding hydrogens is 286 g/mol. The molecule has 0 saturated heterocycles. The Hall–Kier alpha value is -0.340. The molecule has 0 aliphatic heterocycles. The van der Waals surface area contributed by atoms with Crippen LogP contribution in [0.4, 0.5) is 0 Å². The molecule has 1 aromatic carbocycles. The molecule has 1 rings (SSSR count). The predicted octanol–water partition coefficient (Wildman–Crippen LogP) is 5.11. The van der Waals surface area contributed by atoms with E-state index in [4.69, 9.17) is 0 Å². The van der Waals surface area contributed by atoms with E-state index in [2.05, 4.69) is 59.4 Å². The molecule has 0 saturated carbocycles. The van der Waals surface area contributed by atoms with Crippen LogP contribution < -0.4 is 5.32 Å². The zero-order valence-electron chi connectivity index (χ0n) is 11.7. The number of nitrogens with one attached hydrogen (secondary N) is 1. The van der Waals surface area contributed by atoms with Crippen LogP contribution in [0.5, 0.6) is 0 Å². The number of hydrogen-bond acceptors (Lipinski definition) is 1. The summed E-state index contributed by atoms with van der Waals surface area (Å²) in [5.41, 5.74) is 1.46. The van der Waals surface area contributed by atoms with Gasteiger partial charge in [0.2, 0.25) is 0 Å². The van der Waals surface area contributed by atoms with Gasteiger partial charge in [-0.1, -0.05) is 67.2 Å². The molecule has 1 unspecified atom stereocenters. The van der Waals surface area contributed by atoms with Gasteiger partial charge in [0, 0.05) is 11.0 Å². The van der Waals surface area contributed by atoms with Crippen molar-refractivity contribution in [2.24, 2.45) is 0 Å². The molecule has 18 heavy (non-hydrogen) atoms. The van der Waals surface area contributed by atoms with Crippen LogP contribution in [0, 0.1) is 0 Å². The Bertz CT molecular complexity index is 315. The Morgan fingerprint density at radius 3 is 2.56 bits per heavy atom. The van der Waals surface area contributed by atoms with E-state index < -0.39 is 0 Å². The molecule has 1 N–H and O–H groups in total. The van der Waals surface area contributed by atoms with Gasteiger partial charge in [-0.25, -0.2) is 0 Å². The van der Waals surface area contributed by atoms with Crippen molar-refractivity contribution in [2.75, 3.05) is 13.1 Å². The zero-order valence-corrected chi connectivity index (χ0v) is 13.3. The predicted molar refractivity (Wildman–Crippen MR) is 84.2 cm³/mol. The fraction of sp³-hybridized carbons (Fsp3) is 0.625. The molecule has 0 aliphatic carbocycles. The third-order valence-electron chi connectivity index (χ3n) is 3.32. The lowest BCUT2D eigenvalue weighted by molar-refractivity contribution is 0.518. The lowest BCUT2D eigenvalue weighted by Crippen LogP contribution is -2.22. The standard InChI is InChI=1S/C16H26BrN/c1-3-5-6-9-14(13-18-12-4-2)15-10-7-8-11-16(15)17/h7-8,10-11,14,18H,3-6,9,12-13H2,1-2H3. The van der Waals surface area contributed by atoms with Gasteiger partial charge in [-0.15, -0.1) is 0 Å². The van der Waals surface area contributed by atoms with Crippen LogP contribution in [0.2, 0.25) is 0 Å². The van der Waals surface area contributed by atoms with Crippen molar-refractivity contribution in [1.82, 2.24) is 5.32 Å². The Labute approximate surface area is 120 Å². The van der Waals surface area contributed by atoms with E-state index in [0.717, 1.165) is 13.1 Å². The molecule has 0 heterocycles. The Kier molecular flexibility index (Phi) is 8.36. The normalized spacial score (nSPS) is 12.6. The van der Waals surface area contributed by atoms with Gasteiger partial charge in [0.15, 0.2) is 0 Å². The highest BCUT2D eigenvalue weighted by molar-refractivity contribution is 9.10. The summed E-state index contributed by atoms with van der Waals surface area (Å²) in [6.45, 7) is 6.70. The van der Waals surface area contributed by atoms with Crippen molar-refractivity contribution in [3.05, 3.63) is 34.3 Å². The molecule has 2 heteroatoms. The number of unbranched alkanes of at least 4 members (excludes halogenated alkanes) is 2. The van der Waals surface area contributed by atoms with Gasteiger partial charge in [0.05, 0.1) is 0 Å². The Balaban J connectivity index is 2.60. The van der Waals surface area contributed by atoms with Gasteiger partial charge in [-0.05, 0) is 36.9 Å². The van der Waals surface area contributed by atoms with Crippen LogP contribution in [0.1, 0.15) is 57.4 Å². The second kappa shape index (κ2) is 9.57. The fourth-order valence-corrected chi connectivity index (χ4v) is 2.88. The van der Waals surface area contributed by atoms with Gasteiger partial charge in [0.1, 0.15) is 0 Å². The maximum absolute atomic E-state index is 3.69. The number of benzene rings is 1. The summed E-state index contributed by atoms with van der Waals surface area (Å²) < 4.78 is 1.25. The van der Waals surface area contributed by atoms with Crippen LogP contribution in [-0.2, 0) is 0 Å². The average Bonchev–Trinajstić information content (AvgIpc) is 2.38. The smallest absolute Gasteiger partial charge is 0.0210 e. The highest BCUT2D eigenvalue weighted by atomic mass is 79.9. The first kappa shape index (κ1) is 15.7. The molecule has 0 amide bonds. The number of hydrogen-bond donors (Lipinski definition) is 1. The highest BCUT2D eigenvalue weighted by Crippen LogP contribution is 2.28. The largest absolute Gasteiger partial charge is 0.316 e. The number of halogens is 1. The Morgan fingerprint density at radius 2 is 1.89 bits per heavy atom. The number of rotatable bonds is 9. The molecule has 0 spiro atoms. The van der Waals surface area contributed by atoms with E-state index in [1.807, 2.05) is 0 Å². The molecule has 1 aromatic rings. The minimum absolute atomic E-state index is 0.638. The maximum atomic E-state index is 3.69. The summed E-state index contributed by atoms with van der Waals surface area (Å²) in [5.74, 6) is 0.638. The van der Waals surface area contributed by atoms with Crippen LogP contribution >= 0.6 is 15.9 Å². The van der Waals surface area contributed by atoms with Crippen LogP contribution in [0.3, 0.4) is 0 Å². The molecular formula is C16H26BrN. The third kappa shape index (κ3) is 5.53. The van der Waals surface area contributed by atoms with Gasteiger partial charge >= 0.3 is 0 Å². The summed E-state index contributed by atoms with van der Waals surface area (Å²) in [4.78, 5) is 0. The van der Waals surface area contributed by atoms with Crippen LogP contribution in [0.15, 0.2) is 28.7 Å². The third-order valence-corrected chi connectivity index (χ3v) is 4.04. The highest BCUT2D eigenvalue weighted by Gasteiger charge is 2.13. The van der Waals surface area contributed by atoms with E-state index in [0.29, 0.717) is 5.92 Å². The second-order valence-corrected chi connectivity index (χ2v) is 5.77. The lowest BCUT2D eigenvalue weighted by atomic mass is 9.93. The van der Waals surface area contributed by atoms with Gasteiger partial charge < -0.3 is 5.32 Å². The fourth-order valence-electron chi connectivity index (χ4n) is 2.27. The minimum atomic E-state index is 0.638. The second-order valence-electron chi connectivity index (χ2n) is 4.92. The summed E-state index contributed by atoms with van der Waals surface area (Å²) in [7, 11) is 0. The maximum Gasteiger partial charge on any atom is 0.0210 e. The van der Waals surface area contributed by atoms with E-state index >= 15 is 0 Å². The molecule has 0 radical (unpaired) electrons. The molecule has 0 aromatic heterocycles. The van der Waals surface area contributed by atoms with Crippen molar-refractivity contribution in [2.45, 2.75) is 51.9 Å². The molecule has 0 fully saturated rings. The van der Waals surface area contributed by atoms with Gasteiger partial charge in [0.25, 0.3) is 0 Å². The van der Waals surface area contributed by atoms with Gasteiger partial charge in [-0.2, -0.15) is 0 Å². The van der Waals surface area contributed by atoms with Gasteiger partial charge in [-0.3, -0.25) is 0 Å². The molecule has 0 aliphatic rings. The van der Waals surface area contributed by atoms with Crippen LogP contribution in [0.25, 0.3) is 0 Å². The SMILES string of the molecule is CCCCCC(CNCCC)c1ccccc1Br. The monoisotopic (exact) mass is 311 g/mol. The summed E-state index contributed by atoms with van der Waals surface area (Å²) in [6, 6.07) is 8.65. The zero-order chi connectivity index (χ0) is 13.2. The summed E-state index contributed by atoms with van der Waals surface area (Å²) in [5, 5.41) is 3.57. The topological polar surface area (TPSA) is 12.0 Å². The van der Waals surface area contributed by atoms with Crippen molar-refractivity contribution in [3.8, 4) is 0 Å². The van der Waals surface area contributed by atoms with E-state index in [1.54, 1.807) is 0 Å². The van der Waals surface area contributed by atoms with Crippen molar-refractivity contribution >= 4 is 15.9 Å².